The lowest BCUT2D eigenvalue weighted by atomic mass is 10.0. The molecule has 132 valence electrons. The molecule has 0 aliphatic rings. The van der Waals surface area contributed by atoms with Gasteiger partial charge in [-0.05, 0) is 37.6 Å². The molecular weight excluding hydrogens is 340 g/mol. The number of carbonyl (C=O) groups is 1. The van der Waals surface area contributed by atoms with E-state index in [1.807, 2.05) is 6.92 Å². The van der Waals surface area contributed by atoms with Crippen molar-refractivity contribution in [2.45, 2.75) is 24.8 Å². The Balaban J connectivity index is 2.37. The molecule has 0 aliphatic heterocycles. The second kappa shape index (κ2) is 8.04. The van der Waals surface area contributed by atoms with E-state index in [9.17, 15) is 13.2 Å². The van der Waals surface area contributed by atoms with E-state index in [2.05, 4.69) is 16.3 Å². The number of rotatable bonds is 7. The molecule has 0 spiro atoms. The lowest BCUT2D eigenvalue weighted by molar-refractivity contribution is -0.138. The van der Waals surface area contributed by atoms with Crippen molar-refractivity contribution >= 4 is 16.0 Å². The van der Waals surface area contributed by atoms with Gasteiger partial charge in [-0.15, -0.1) is 0 Å². The van der Waals surface area contributed by atoms with Gasteiger partial charge in [-0.2, -0.15) is 4.72 Å². The summed E-state index contributed by atoms with van der Waals surface area (Å²) in [6.07, 6.45) is 3.04. The molecule has 0 bridgehead atoms. The lowest BCUT2D eigenvalue weighted by Crippen LogP contribution is -2.32. The van der Waals surface area contributed by atoms with E-state index in [0.717, 1.165) is 5.56 Å². The maximum absolute atomic E-state index is 12.7. The summed E-state index contributed by atoms with van der Waals surface area (Å²) < 4.78 is 32.8. The molecule has 2 aromatic rings. The highest BCUT2D eigenvalue weighted by molar-refractivity contribution is 7.89. The van der Waals surface area contributed by atoms with Crippen LogP contribution in [0.25, 0.3) is 0 Å². The van der Waals surface area contributed by atoms with Crippen molar-refractivity contribution in [3.05, 3.63) is 72.1 Å². The Hall–Kier alpha value is -2.51. The van der Waals surface area contributed by atoms with Crippen molar-refractivity contribution in [2.75, 3.05) is 6.61 Å². The van der Waals surface area contributed by atoms with Crippen molar-refractivity contribution in [1.29, 1.82) is 0 Å². The maximum Gasteiger partial charge on any atom is 0.335 e. The first kappa shape index (κ1) is 18.8. The monoisotopic (exact) mass is 360 g/mol. The second-order valence-electron chi connectivity index (χ2n) is 5.40. The van der Waals surface area contributed by atoms with Crippen molar-refractivity contribution in [1.82, 2.24) is 9.71 Å². The number of hydrogen-bond acceptors (Lipinski definition) is 5. The Morgan fingerprint density at radius 1 is 1.28 bits per heavy atom. The Morgan fingerprint density at radius 2 is 1.96 bits per heavy atom. The average Bonchev–Trinajstić information content (AvgIpc) is 2.60. The van der Waals surface area contributed by atoms with E-state index in [1.54, 1.807) is 37.4 Å². The highest BCUT2D eigenvalue weighted by atomic mass is 32.2. The molecule has 0 amide bonds. The van der Waals surface area contributed by atoms with Crippen LogP contribution in [0.2, 0.25) is 0 Å². The number of aromatic nitrogens is 1. The number of sulfonamides is 1. The predicted octanol–water partition coefficient (Wildman–Crippen LogP) is 2.53. The summed E-state index contributed by atoms with van der Waals surface area (Å²) in [5.41, 5.74) is 1.43. The highest BCUT2D eigenvalue weighted by Crippen LogP contribution is 2.24. The van der Waals surface area contributed by atoms with Gasteiger partial charge in [0.15, 0.2) is 0 Å². The van der Waals surface area contributed by atoms with Crippen LogP contribution in [0.3, 0.4) is 0 Å². The largest absolute Gasteiger partial charge is 0.463 e. The van der Waals surface area contributed by atoms with Crippen LogP contribution in [0.15, 0.2) is 65.8 Å². The van der Waals surface area contributed by atoms with Gasteiger partial charge >= 0.3 is 5.97 Å². The zero-order valence-corrected chi connectivity index (χ0v) is 14.9. The van der Waals surface area contributed by atoms with Crippen molar-refractivity contribution in [3.8, 4) is 0 Å². The van der Waals surface area contributed by atoms with E-state index in [4.69, 9.17) is 4.74 Å². The molecule has 1 aromatic heterocycles. The number of pyridine rings is 1. The normalized spacial score (nSPS) is 12.4. The summed E-state index contributed by atoms with van der Waals surface area (Å²) in [4.78, 5) is 16.1. The number of nitrogens with one attached hydrogen (secondary N) is 1. The highest BCUT2D eigenvalue weighted by Gasteiger charge is 2.27. The van der Waals surface area contributed by atoms with Crippen molar-refractivity contribution in [3.63, 3.8) is 0 Å². The standard InChI is InChI=1S/C18H20N2O4S/c1-4-24-18(21)14(3)17(15-6-5-11-19-12-15)20-25(22,23)16-9-7-13(2)8-10-16/h5-12,17,20H,3-4H2,1-2H3. The number of aryl methyl sites for hydroxylation is 1. The van der Waals surface area contributed by atoms with Crippen LogP contribution in [0.4, 0.5) is 0 Å². The van der Waals surface area contributed by atoms with E-state index in [0.29, 0.717) is 5.56 Å². The van der Waals surface area contributed by atoms with Gasteiger partial charge in [0.2, 0.25) is 10.0 Å². The maximum atomic E-state index is 12.7. The molecule has 1 unspecified atom stereocenters. The number of hydrogen-bond donors (Lipinski definition) is 1. The molecule has 1 aromatic carbocycles. The minimum Gasteiger partial charge on any atom is -0.463 e. The molecule has 1 N–H and O–H groups in total. The van der Waals surface area contributed by atoms with Crippen LogP contribution in [-0.4, -0.2) is 26.0 Å². The van der Waals surface area contributed by atoms with Gasteiger partial charge in [-0.1, -0.05) is 30.3 Å². The molecule has 1 heterocycles. The second-order valence-corrected chi connectivity index (χ2v) is 7.11. The lowest BCUT2D eigenvalue weighted by Gasteiger charge is -2.20. The van der Waals surface area contributed by atoms with Gasteiger partial charge in [0.05, 0.1) is 23.1 Å². The molecule has 25 heavy (non-hydrogen) atoms. The molecule has 0 fully saturated rings. The third-order valence-corrected chi connectivity index (χ3v) is 4.95. The number of ether oxygens (including phenoxy) is 1. The summed E-state index contributed by atoms with van der Waals surface area (Å²) in [6.45, 7) is 7.41. The van der Waals surface area contributed by atoms with Crippen molar-refractivity contribution in [2.24, 2.45) is 0 Å². The summed E-state index contributed by atoms with van der Waals surface area (Å²) in [5.74, 6) is -0.664. The van der Waals surface area contributed by atoms with Crippen LogP contribution in [0, 0.1) is 6.92 Å². The topological polar surface area (TPSA) is 85.4 Å². The van der Waals surface area contributed by atoms with Gasteiger partial charge in [-0.25, -0.2) is 13.2 Å². The summed E-state index contributed by atoms with van der Waals surface area (Å²) in [6, 6.07) is 8.76. The van der Waals surface area contributed by atoms with Crippen LogP contribution >= 0.6 is 0 Å². The Morgan fingerprint density at radius 3 is 2.52 bits per heavy atom. The Bertz CT molecular complexity index is 846. The first-order chi connectivity index (χ1) is 11.8. The molecule has 2 rings (SSSR count). The minimum atomic E-state index is -3.86. The fourth-order valence-electron chi connectivity index (χ4n) is 2.17. The molecule has 1 atom stereocenters. The smallest absolute Gasteiger partial charge is 0.335 e. The SMILES string of the molecule is C=C(C(=O)OCC)C(NS(=O)(=O)c1ccc(C)cc1)c1cccnc1. The quantitative estimate of drug-likeness (QED) is 0.606. The van der Waals surface area contributed by atoms with E-state index >= 15 is 0 Å². The molecule has 7 heteroatoms. The third-order valence-electron chi connectivity index (χ3n) is 3.51. The average molecular weight is 360 g/mol. The third kappa shape index (κ3) is 4.74. The fraction of sp³-hybridized carbons (Fsp3) is 0.222. The van der Waals surface area contributed by atoms with E-state index < -0.39 is 22.0 Å². The molecule has 6 nitrogen and oxygen atoms in total. The van der Waals surface area contributed by atoms with Crippen LogP contribution in [0.1, 0.15) is 24.1 Å². The number of nitrogens with zero attached hydrogens (tertiary/aromatic N) is 1. The van der Waals surface area contributed by atoms with E-state index in [1.165, 1.54) is 18.3 Å². The van der Waals surface area contributed by atoms with Gasteiger partial charge in [-0.3, -0.25) is 4.98 Å². The first-order valence-corrected chi connectivity index (χ1v) is 9.18. The summed E-state index contributed by atoms with van der Waals surface area (Å²) in [7, 11) is -3.86. The number of benzene rings is 1. The Kier molecular flexibility index (Phi) is 6.06. The molecular formula is C18H20N2O4S. The zero-order valence-electron chi connectivity index (χ0n) is 14.1. The molecule has 0 aliphatic carbocycles. The predicted molar refractivity (Wildman–Crippen MR) is 94.3 cm³/mol. The summed E-state index contributed by atoms with van der Waals surface area (Å²) in [5, 5.41) is 0. The number of carbonyl (C=O) groups excluding carboxylic acids is 1. The van der Waals surface area contributed by atoms with Crippen LogP contribution in [-0.2, 0) is 19.6 Å². The van der Waals surface area contributed by atoms with Gasteiger partial charge < -0.3 is 4.74 Å². The molecule has 0 radical (unpaired) electrons. The zero-order chi connectivity index (χ0) is 18.4. The summed E-state index contributed by atoms with van der Waals surface area (Å²) >= 11 is 0. The number of esters is 1. The molecule has 0 saturated carbocycles. The van der Waals surface area contributed by atoms with Gasteiger partial charge in [0.1, 0.15) is 0 Å². The van der Waals surface area contributed by atoms with Gasteiger partial charge in [0.25, 0.3) is 0 Å². The van der Waals surface area contributed by atoms with Crippen molar-refractivity contribution < 1.29 is 17.9 Å². The van der Waals surface area contributed by atoms with Gasteiger partial charge in [0, 0.05) is 12.4 Å². The fourth-order valence-corrected chi connectivity index (χ4v) is 3.39. The Labute approximate surface area is 147 Å². The molecule has 0 saturated heterocycles. The van der Waals surface area contributed by atoms with E-state index in [-0.39, 0.29) is 17.1 Å². The van der Waals surface area contributed by atoms with Crippen LogP contribution in [0.5, 0.6) is 0 Å². The minimum absolute atomic E-state index is 0.00876. The van der Waals surface area contributed by atoms with Crippen LogP contribution < -0.4 is 4.72 Å². The first-order valence-electron chi connectivity index (χ1n) is 7.70.